The van der Waals surface area contributed by atoms with Crippen molar-refractivity contribution < 1.29 is 0 Å². The summed E-state index contributed by atoms with van der Waals surface area (Å²) in [6.45, 7) is 6.21. The Kier molecular flexibility index (Phi) is 3.60. The van der Waals surface area contributed by atoms with Crippen LogP contribution in [0.1, 0.15) is 30.0 Å². The van der Waals surface area contributed by atoms with E-state index in [-0.39, 0.29) is 0 Å². The van der Waals surface area contributed by atoms with Gasteiger partial charge in [0.05, 0.1) is 5.69 Å². The number of nitrogens with two attached hydrogens (primary N) is 1. The number of aromatic nitrogens is 2. The van der Waals surface area contributed by atoms with Gasteiger partial charge in [-0.1, -0.05) is 31.5 Å². The van der Waals surface area contributed by atoms with E-state index in [4.69, 9.17) is 5.73 Å². The molecule has 1 aromatic heterocycles. The highest BCUT2D eigenvalue weighted by Crippen LogP contribution is 2.25. The summed E-state index contributed by atoms with van der Waals surface area (Å²) in [6.07, 6.45) is 2.24. The fourth-order valence-electron chi connectivity index (χ4n) is 2.06. The molecular weight excluding hydrogens is 222 g/mol. The van der Waals surface area contributed by atoms with Crippen LogP contribution in [0.3, 0.4) is 0 Å². The summed E-state index contributed by atoms with van der Waals surface area (Å²) >= 11 is 0. The van der Waals surface area contributed by atoms with Crippen molar-refractivity contribution in [3.8, 4) is 11.3 Å². The quantitative estimate of drug-likeness (QED) is 0.897. The highest BCUT2D eigenvalue weighted by molar-refractivity contribution is 5.66. The Morgan fingerprint density at radius 1 is 1.11 bits per heavy atom. The van der Waals surface area contributed by atoms with Gasteiger partial charge in [-0.2, -0.15) is 0 Å². The van der Waals surface area contributed by atoms with E-state index in [1.807, 2.05) is 13.8 Å². The van der Waals surface area contributed by atoms with E-state index in [1.165, 1.54) is 5.56 Å². The van der Waals surface area contributed by atoms with Crippen molar-refractivity contribution in [2.75, 3.05) is 5.73 Å². The summed E-state index contributed by atoms with van der Waals surface area (Å²) in [6, 6.07) is 8.50. The van der Waals surface area contributed by atoms with Crippen molar-refractivity contribution >= 4 is 5.82 Å². The maximum absolute atomic E-state index is 5.77. The summed E-state index contributed by atoms with van der Waals surface area (Å²) in [7, 11) is 0. The number of hydrogen-bond donors (Lipinski definition) is 1. The molecule has 0 aliphatic rings. The van der Waals surface area contributed by atoms with Crippen molar-refractivity contribution in [3.63, 3.8) is 0 Å². The summed E-state index contributed by atoms with van der Waals surface area (Å²) in [5.41, 5.74) is 11.3. The molecule has 0 fully saturated rings. The van der Waals surface area contributed by atoms with Gasteiger partial charge in [0.1, 0.15) is 5.82 Å². The molecule has 0 saturated heterocycles. The molecule has 0 amide bonds. The van der Waals surface area contributed by atoms with Gasteiger partial charge in [0, 0.05) is 5.56 Å². The Labute approximate surface area is 108 Å². The Hall–Kier alpha value is -1.90. The lowest BCUT2D eigenvalue weighted by Crippen LogP contribution is -2.02. The molecule has 0 bridgehead atoms. The van der Waals surface area contributed by atoms with E-state index in [1.54, 1.807) is 0 Å². The van der Waals surface area contributed by atoms with Gasteiger partial charge in [-0.15, -0.1) is 10.2 Å². The summed E-state index contributed by atoms with van der Waals surface area (Å²) in [4.78, 5) is 0. The third-order valence-electron chi connectivity index (χ3n) is 3.30. The minimum Gasteiger partial charge on any atom is -0.382 e. The summed E-state index contributed by atoms with van der Waals surface area (Å²) < 4.78 is 0. The average molecular weight is 241 g/mol. The Morgan fingerprint density at radius 3 is 2.61 bits per heavy atom. The van der Waals surface area contributed by atoms with Crippen LogP contribution in [0.5, 0.6) is 0 Å². The van der Waals surface area contributed by atoms with Gasteiger partial charge in [0.15, 0.2) is 0 Å². The highest BCUT2D eigenvalue weighted by Gasteiger charge is 2.09. The highest BCUT2D eigenvalue weighted by atomic mass is 15.1. The molecule has 0 radical (unpaired) electrons. The summed E-state index contributed by atoms with van der Waals surface area (Å²) in [5.74, 6) is 0.515. The first-order chi connectivity index (χ1) is 8.63. The van der Waals surface area contributed by atoms with E-state index >= 15 is 0 Å². The Morgan fingerprint density at radius 2 is 1.89 bits per heavy atom. The molecule has 0 saturated carbocycles. The van der Waals surface area contributed by atoms with Crippen molar-refractivity contribution in [2.24, 2.45) is 0 Å². The molecule has 2 N–H and O–H groups in total. The molecule has 3 nitrogen and oxygen atoms in total. The molecule has 1 heterocycles. The van der Waals surface area contributed by atoms with Crippen LogP contribution in [0.25, 0.3) is 11.3 Å². The van der Waals surface area contributed by atoms with Crippen molar-refractivity contribution in [1.82, 2.24) is 10.2 Å². The number of rotatable bonds is 3. The van der Waals surface area contributed by atoms with Crippen LogP contribution in [0.4, 0.5) is 5.82 Å². The van der Waals surface area contributed by atoms with Crippen LogP contribution >= 0.6 is 0 Å². The first-order valence-corrected chi connectivity index (χ1v) is 6.32. The fraction of sp³-hybridized carbons (Fsp3) is 0.333. The van der Waals surface area contributed by atoms with Crippen LogP contribution in [-0.4, -0.2) is 10.2 Å². The molecular formula is C15H19N3. The van der Waals surface area contributed by atoms with Crippen LogP contribution in [0, 0.1) is 13.8 Å². The molecule has 0 unspecified atom stereocenters. The Balaban J connectivity index is 2.48. The lowest BCUT2D eigenvalue weighted by Gasteiger charge is -2.09. The van der Waals surface area contributed by atoms with Gasteiger partial charge in [-0.05, 0) is 43.0 Å². The normalized spacial score (nSPS) is 10.6. The third kappa shape index (κ3) is 2.35. The van der Waals surface area contributed by atoms with Gasteiger partial charge in [-0.25, -0.2) is 0 Å². The smallest absolute Gasteiger partial charge is 0.149 e. The number of aryl methyl sites for hydroxylation is 1. The minimum absolute atomic E-state index is 0.515. The zero-order chi connectivity index (χ0) is 13.1. The van der Waals surface area contributed by atoms with E-state index in [0.717, 1.165) is 35.2 Å². The molecule has 0 spiro atoms. The zero-order valence-electron chi connectivity index (χ0n) is 11.2. The number of nitrogen functional groups attached to an aromatic ring is 1. The SMILES string of the molecule is CCCc1cccc(-c2nnc(N)c(C)c2C)c1. The molecule has 2 rings (SSSR count). The van der Waals surface area contributed by atoms with E-state index in [0.29, 0.717) is 5.82 Å². The molecule has 0 aliphatic heterocycles. The van der Waals surface area contributed by atoms with Crippen LogP contribution in [0.2, 0.25) is 0 Å². The second-order valence-corrected chi connectivity index (χ2v) is 4.63. The van der Waals surface area contributed by atoms with Gasteiger partial charge in [-0.3, -0.25) is 0 Å². The molecule has 94 valence electrons. The molecule has 1 aromatic carbocycles. The number of nitrogens with zero attached hydrogens (tertiary/aromatic N) is 2. The first kappa shape index (κ1) is 12.6. The molecule has 18 heavy (non-hydrogen) atoms. The third-order valence-corrected chi connectivity index (χ3v) is 3.30. The van der Waals surface area contributed by atoms with Crippen molar-refractivity contribution in [1.29, 1.82) is 0 Å². The van der Waals surface area contributed by atoms with Crippen molar-refractivity contribution in [3.05, 3.63) is 41.0 Å². The second-order valence-electron chi connectivity index (χ2n) is 4.63. The molecule has 0 aliphatic carbocycles. The Bertz CT molecular complexity index is 562. The van der Waals surface area contributed by atoms with E-state index in [2.05, 4.69) is 41.4 Å². The lowest BCUT2D eigenvalue weighted by molar-refractivity contribution is 0.921. The fourth-order valence-corrected chi connectivity index (χ4v) is 2.06. The molecule has 2 aromatic rings. The van der Waals surface area contributed by atoms with Crippen LogP contribution < -0.4 is 5.73 Å². The monoisotopic (exact) mass is 241 g/mol. The van der Waals surface area contributed by atoms with Gasteiger partial charge in [0.2, 0.25) is 0 Å². The maximum Gasteiger partial charge on any atom is 0.149 e. The summed E-state index contributed by atoms with van der Waals surface area (Å²) in [5, 5.41) is 8.25. The number of anilines is 1. The standard InChI is InChI=1S/C15H19N3/c1-4-6-12-7-5-8-13(9-12)14-10(2)11(3)15(16)18-17-14/h5,7-9H,4,6H2,1-3H3,(H2,16,18). The second kappa shape index (κ2) is 5.17. The van der Waals surface area contributed by atoms with Gasteiger partial charge in [0.25, 0.3) is 0 Å². The minimum atomic E-state index is 0.515. The predicted octanol–water partition coefficient (Wildman–Crippen LogP) is 3.30. The van der Waals surface area contributed by atoms with Crippen LogP contribution in [0.15, 0.2) is 24.3 Å². The average Bonchev–Trinajstić information content (AvgIpc) is 2.37. The molecule has 0 atom stereocenters. The van der Waals surface area contributed by atoms with Gasteiger partial charge >= 0.3 is 0 Å². The molecule has 3 heteroatoms. The van der Waals surface area contributed by atoms with E-state index in [9.17, 15) is 0 Å². The topological polar surface area (TPSA) is 51.8 Å². The first-order valence-electron chi connectivity index (χ1n) is 6.32. The van der Waals surface area contributed by atoms with Crippen LogP contribution in [-0.2, 0) is 6.42 Å². The van der Waals surface area contributed by atoms with E-state index < -0.39 is 0 Å². The maximum atomic E-state index is 5.77. The number of benzene rings is 1. The largest absolute Gasteiger partial charge is 0.382 e. The van der Waals surface area contributed by atoms with Crippen molar-refractivity contribution in [2.45, 2.75) is 33.6 Å². The lowest BCUT2D eigenvalue weighted by atomic mass is 10.0. The van der Waals surface area contributed by atoms with Gasteiger partial charge < -0.3 is 5.73 Å². The number of hydrogen-bond acceptors (Lipinski definition) is 3. The predicted molar refractivity (Wildman–Crippen MR) is 75.3 cm³/mol. The zero-order valence-corrected chi connectivity index (χ0v) is 11.2.